The minimum Gasteiger partial charge on any atom is -0.228 e. The third-order valence-corrected chi connectivity index (χ3v) is 9.96. The molecule has 0 bridgehead atoms. The quantitative estimate of drug-likeness (QED) is 0.192. The Morgan fingerprint density at radius 2 is 0.936 bits per heavy atom. The number of benzene rings is 7. The van der Waals surface area contributed by atoms with Crippen molar-refractivity contribution in [2.45, 2.75) is 0 Å². The Balaban J connectivity index is 1.31. The van der Waals surface area contributed by atoms with E-state index in [2.05, 4.69) is 146 Å². The summed E-state index contributed by atoms with van der Waals surface area (Å²) < 4.78 is 2.60. The van der Waals surface area contributed by atoms with E-state index in [1.807, 2.05) is 35.6 Å². The first-order chi connectivity index (χ1) is 23.3. The van der Waals surface area contributed by atoms with E-state index in [0.717, 1.165) is 33.6 Å². The Hall–Kier alpha value is -5.90. The fourth-order valence-electron chi connectivity index (χ4n) is 6.55. The highest BCUT2D eigenvalue weighted by molar-refractivity contribution is 7.26. The van der Waals surface area contributed by atoms with E-state index >= 15 is 0 Å². The Kier molecular flexibility index (Phi) is 6.69. The van der Waals surface area contributed by atoms with Gasteiger partial charge in [0, 0.05) is 36.9 Å². The zero-order valence-corrected chi connectivity index (χ0v) is 26.3. The van der Waals surface area contributed by atoms with Crippen molar-refractivity contribution in [2.75, 3.05) is 0 Å². The summed E-state index contributed by atoms with van der Waals surface area (Å²) >= 11 is 1.87. The number of hydrogen-bond acceptors (Lipinski definition) is 3. The molecule has 2 heterocycles. The highest BCUT2D eigenvalue weighted by Gasteiger charge is 2.16. The molecule has 0 spiro atoms. The maximum atomic E-state index is 5.20. The molecule has 220 valence electrons. The van der Waals surface area contributed by atoms with Crippen molar-refractivity contribution in [3.63, 3.8) is 0 Å². The van der Waals surface area contributed by atoms with Gasteiger partial charge in [0.15, 0.2) is 5.82 Å². The van der Waals surface area contributed by atoms with E-state index in [1.165, 1.54) is 47.6 Å². The molecule has 2 aromatic heterocycles. The first-order valence-corrected chi connectivity index (χ1v) is 16.6. The molecule has 0 saturated heterocycles. The van der Waals surface area contributed by atoms with Gasteiger partial charge >= 0.3 is 0 Å². The summed E-state index contributed by atoms with van der Waals surface area (Å²) in [6.45, 7) is 0. The lowest BCUT2D eigenvalue weighted by Gasteiger charge is -2.14. The summed E-state index contributed by atoms with van der Waals surface area (Å²) in [5, 5.41) is 5.13. The number of thiophene rings is 1. The molecule has 0 aliphatic rings. The summed E-state index contributed by atoms with van der Waals surface area (Å²) in [5.41, 5.74) is 9.63. The van der Waals surface area contributed by atoms with E-state index in [9.17, 15) is 0 Å². The van der Waals surface area contributed by atoms with Crippen LogP contribution >= 0.6 is 11.3 Å². The monoisotopic (exact) mass is 616 g/mol. The van der Waals surface area contributed by atoms with Gasteiger partial charge in [-0.2, -0.15) is 0 Å². The van der Waals surface area contributed by atoms with E-state index in [4.69, 9.17) is 9.97 Å². The Morgan fingerprint density at radius 1 is 0.362 bits per heavy atom. The highest BCUT2D eigenvalue weighted by atomic mass is 32.1. The Labute approximate surface area is 277 Å². The predicted molar refractivity (Wildman–Crippen MR) is 200 cm³/mol. The Bertz CT molecular complexity index is 2500. The highest BCUT2D eigenvalue weighted by Crippen LogP contribution is 2.43. The average Bonchev–Trinajstić information content (AvgIpc) is 3.52. The third kappa shape index (κ3) is 5.07. The summed E-state index contributed by atoms with van der Waals surface area (Å²) in [4.78, 5) is 10.2. The normalized spacial score (nSPS) is 11.4. The molecule has 0 atom stereocenters. The average molecular weight is 617 g/mol. The second kappa shape index (κ2) is 11.5. The molecule has 0 aliphatic heterocycles. The second-order valence-electron chi connectivity index (χ2n) is 11.8. The molecule has 0 saturated carbocycles. The van der Waals surface area contributed by atoms with Gasteiger partial charge in [0.2, 0.25) is 0 Å². The van der Waals surface area contributed by atoms with Crippen LogP contribution in [0, 0.1) is 0 Å². The lowest BCUT2D eigenvalue weighted by Crippen LogP contribution is -1.96. The van der Waals surface area contributed by atoms with Crippen LogP contribution in [0.2, 0.25) is 0 Å². The van der Waals surface area contributed by atoms with Gasteiger partial charge in [-0.25, -0.2) is 9.97 Å². The summed E-state index contributed by atoms with van der Waals surface area (Å²) in [7, 11) is 0. The molecule has 0 fully saturated rings. The largest absolute Gasteiger partial charge is 0.228 e. The molecule has 0 N–H and O–H groups in total. The maximum absolute atomic E-state index is 5.20. The first kappa shape index (κ1) is 27.4. The molecule has 7 aromatic carbocycles. The van der Waals surface area contributed by atoms with Crippen LogP contribution in [0.1, 0.15) is 0 Å². The van der Waals surface area contributed by atoms with Crippen molar-refractivity contribution in [2.24, 2.45) is 0 Å². The molecule has 0 unspecified atom stereocenters. The SMILES string of the molecule is c1ccc(-c2cc(-c3cc(-c4ccccc4)nc(-c4ccccc4)n3)cc(-c3cccc4sc5cc6ccccc6cc5c34)c2)cc1. The summed E-state index contributed by atoms with van der Waals surface area (Å²) in [5.74, 6) is 0.714. The lowest BCUT2D eigenvalue weighted by atomic mass is 9.92. The van der Waals surface area contributed by atoms with E-state index < -0.39 is 0 Å². The van der Waals surface area contributed by atoms with Crippen molar-refractivity contribution in [1.29, 1.82) is 0 Å². The van der Waals surface area contributed by atoms with Gasteiger partial charge in [0.1, 0.15) is 0 Å². The molecular formula is C44H28N2S. The van der Waals surface area contributed by atoms with Crippen LogP contribution in [0.5, 0.6) is 0 Å². The zero-order valence-electron chi connectivity index (χ0n) is 25.5. The van der Waals surface area contributed by atoms with Gasteiger partial charge < -0.3 is 0 Å². The van der Waals surface area contributed by atoms with Crippen molar-refractivity contribution < 1.29 is 0 Å². The van der Waals surface area contributed by atoms with Crippen LogP contribution in [-0.4, -0.2) is 9.97 Å². The van der Waals surface area contributed by atoms with Crippen LogP contribution in [0.4, 0.5) is 0 Å². The lowest BCUT2D eigenvalue weighted by molar-refractivity contribution is 1.18. The topological polar surface area (TPSA) is 25.8 Å². The van der Waals surface area contributed by atoms with Crippen LogP contribution < -0.4 is 0 Å². The predicted octanol–water partition coefficient (Wildman–Crippen LogP) is 12.3. The maximum Gasteiger partial charge on any atom is 0.160 e. The molecule has 0 aliphatic carbocycles. The van der Waals surface area contributed by atoms with Crippen LogP contribution in [0.25, 0.3) is 87.1 Å². The van der Waals surface area contributed by atoms with Crippen LogP contribution in [0.3, 0.4) is 0 Å². The number of nitrogens with zero attached hydrogens (tertiary/aromatic N) is 2. The van der Waals surface area contributed by atoms with Crippen LogP contribution in [0.15, 0.2) is 170 Å². The molecular weight excluding hydrogens is 589 g/mol. The first-order valence-electron chi connectivity index (χ1n) is 15.8. The van der Waals surface area contributed by atoms with Crippen LogP contribution in [-0.2, 0) is 0 Å². The Morgan fingerprint density at radius 3 is 1.66 bits per heavy atom. The van der Waals surface area contributed by atoms with Gasteiger partial charge in [-0.1, -0.05) is 127 Å². The smallest absolute Gasteiger partial charge is 0.160 e. The third-order valence-electron chi connectivity index (χ3n) is 8.84. The number of rotatable bonds is 5. The van der Waals surface area contributed by atoms with E-state index in [-0.39, 0.29) is 0 Å². The van der Waals surface area contributed by atoms with Gasteiger partial charge in [0.25, 0.3) is 0 Å². The standard InChI is InChI=1S/C44H28N2S/c1-4-13-29(14-5-1)34-23-35(37-21-12-22-41-43(37)38-26-32-19-10-11-20-33(32)27-42(38)47-41)25-36(24-34)40-28-39(30-15-6-2-7-16-30)45-44(46-40)31-17-8-3-9-18-31/h1-28H. The fraction of sp³-hybridized carbons (Fsp3) is 0. The minimum absolute atomic E-state index is 0.714. The van der Waals surface area contributed by atoms with Crippen molar-refractivity contribution >= 4 is 42.3 Å². The fourth-order valence-corrected chi connectivity index (χ4v) is 7.71. The number of hydrogen-bond donors (Lipinski definition) is 0. The van der Waals surface area contributed by atoms with Crippen molar-refractivity contribution in [1.82, 2.24) is 9.97 Å². The van der Waals surface area contributed by atoms with Crippen molar-refractivity contribution in [3.8, 4) is 56.2 Å². The molecule has 0 radical (unpaired) electrons. The van der Waals surface area contributed by atoms with Gasteiger partial charge in [-0.15, -0.1) is 11.3 Å². The summed E-state index contributed by atoms with van der Waals surface area (Å²) in [6.07, 6.45) is 0. The molecule has 47 heavy (non-hydrogen) atoms. The van der Waals surface area contributed by atoms with Gasteiger partial charge in [-0.05, 0) is 75.5 Å². The molecule has 2 nitrogen and oxygen atoms in total. The zero-order chi connectivity index (χ0) is 31.2. The molecule has 9 rings (SSSR count). The van der Waals surface area contributed by atoms with E-state index in [1.54, 1.807) is 0 Å². The molecule has 0 amide bonds. The van der Waals surface area contributed by atoms with Gasteiger partial charge in [-0.3, -0.25) is 0 Å². The van der Waals surface area contributed by atoms with E-state index in [0.29, 0.717) is 5.82 Å². The van der Waals surface area contributed by atoms with Gasteiger partial charge in [0.05, 0.1) is 11.4 Å². The second-order valence-corrected chi connectivity index (χ2v) is 12.9. The molecule has 9 aromatic rings. The number of aromatic nitrogens is 2. The minimum atomic E-state index is 0.714. The van der Waals surface area contributed by atoms with Crippen molar-refractivity contribution in [3.05, 3.63) is 170 Å². The number of fused-ring (bicyclic) bond motifs is 4. The summed E-state index contributed by atoms with van der Waals surface area (Å²) in [6, 6.07) is 60.3. The molecule has 3 heteroatoms.